The molecule has 0 aliphatic rings. The number of hydrogen-bond acceptors (Lipinski definition) is 5. The van der Waals surface area contributed by atoms with Gasteiger partial charge in [-0.25, -0.2) is 4.98 Å². The number of rotatable bonds is 7. The number of fused-ring (bicyclic) bond motifs is 1. The fourth-order valence-corrected chi connectivity index (χ4v) is 3.31. The third kappa shape index (κ3) is 4.11. The first-order chi connectivity index (χ1) is 12.2. The van der Waals surface area contributed by atoms with Crippen LogP contribution in [0.1, 0.15) is 19.1 Å². The third-order valence-corrected chi connectivity index (χ3v) is 4.62. The number of benzene rings is 1. The summed E-state index contributed by atoms with van der Waals surface area (Å²) in [5.41, 5.74) is 0.587. The predicted molar refractivity (Wildman–Crippen MR) is 97.6 cm³/mol. The van der Waals surface area contributed by atoms with E-state index in [0.29, 0.717) is 34.9 Å². The van der Waals surface area contributed by atoms with Gasteiger partial charge in [-0.2, -0.15) is 0 Å². The Bertz CT molecular complexity index is 919. The van der Waals surface area contributed by atoms with E-state index in [-0.39, 0.29) is 17.2 Å². The zero-order valence-corrected chi connectivity index (χ0v) is 14.7. The highest BCUT2D eigenvalue weighted by molar-refractivity contribution is 7.99. The zero-order valence-electron chi connectivity index (χ0n) is 13.9. The summed E-state index contributed by atoms with van der Waals surface area (Å²) < 4.78 is 6.83. The Morgan fingerprint density at radius 3 is 2.88 bits per heavy atom. The maximum Gasteiger partial charge on any atom is 0.262 e. The SMILES string of the molecule is CCCn1c(SCC(=O)NCc2ccco2)nc2ccccc2c1=O. The number of carbonyl (C=O) groups excluding carboxylic acids is 1. The molecular weight excluding hydrogens is 338 g/mol. The van der Waals surface area contributed by atoms with Crippen LogP contribution in [0, 0.1) is 0 Å². The Morgan fingerprint density at radius 1 is 1.28 bits per heavy atom. The van der Waals surface area contributed by atoms with Gasteiger partial charge in [-0.05, 0) is 30.7 Å². The van der Waals surface area contributed by atoms with Crippen LogP contribution in [0.5, 0.6) is 0 Å². The summed E-state index contributed by atoms with van der Waals surface area (Å²) in [7, 11) is 0. The first kappa shape index (κ1) is 17.3. The Balaban J connectivity index is 1.74. The molecule has 2 aromatic heterocycles. The number of para-hydroxylation sites is 1. The summed E-state index contributed by atoms with van der Waals surface area (Å²) in [5, 5.41) is 3.96. The lowest BCUT2D eigenvalue weighted by molar-refractivity contribution is -0.118. The predicted octanol–water partition coefficient (Wildman–Crippen LogP) is 2.81. The molecule has 0 unspecified atom stereocenters. The lowest BCUT2D eigenvalue weighted by Crippen LogP contribution is -2.26. The Kier molecular flexibility index (Phi) is 5.55. The number of furan rings is 1. The molecule has 0 spiro atoms. The van der Waals surface area contributed by atoms with Crippen molar-refractivity contribution in [2.24, 2.45) is 0 Å². The van der Waals surface area contributed by atoms with Crippen LogP contribution in [0.3, 0.4) is 0 Å². The molecule has 1 aromatic carbocycles. The van der Waals surface area contributed by atoms with E-state index in [1.54, 1.807) is 29.0 Å². The topological polar surface area (TPSA) is 77.1 Å². The van der Waals surface area contributed by atoms with Gasteiger partial charge in [0.2, 0.25) is 5.91 Å². The van der Waals surface area contributed by atoms with Crippen molar-refractivity contribution in [3.63, 3.8) is 0 Å². The standard InChI is InChI=1S/C18H19N3O3S/c1-2-9-21-17(23)14-7-3-4-8-15(14)20-18(21)25-12-16(22)19-11-13-6-5-10-24-13/h3-8,10H,2,9,11-12H2,1H3,(H,19,22). The van der Waals surface area contributed by atoms with Crippen LogP contribution >= 0.6 is 11.8 Å². The molecule has 1 N–H and O–H groups in total. The van der Waals surface area contributed by atoms with Gasteiger partial charge in [0.1, 0.15) is 5.76 Å². The monoisotopic (exact) mass is 357 g/mol. The van der Waals surface area contributed by atoms with Gasteiger partial charge in [0.15, 0.2) is 5.16 Å². The summed E-state index contributed by atoms with van der Waals surface area (Å²) in [6, 6.07) is 10.9. The van der Waals surface area contributed by atoms with Gasteiger partial charge >= 0.3 is 0 Å². The number of hydrogen-bond donors (Lipinski definition) is 1. The number of amides is 1. The second kappa shape index (κ2) is 8.02. The highest BCUT2D eigenvalue weighted by Crippen LogP contribution is 2.18. The molecule has 0 aliphatic carbocycles. The molecule has 25 heavy (non-hydrogen) atoms. The minimum absolute atomic E-state index is 0.0639. The number of thioether (sulfide) groups is 1. The van der Waals surface area contributed by atoms with Crippen molar-refractivity contribution in [2.45, 2.75) is 31.6 Å². The molecule has 2 heterocycles. The number of carbonyl (C=O) groups is 1. The quantitative estimate of drug-likeness (QED) is 0.520. The first-order valence-corrected chi connectivity index (χ1v) is 9.09. The largest absolute Gasteiger partial charge is 0.467 e. The van der Waals surface area contributed by atoms with Gasteiger partial charge in [-0.15, -0.1) is 0 Å². The summed E-state index contributed by atoms with van der Waals surface area (Å²) >= 11 is 1.27. The van der Waals surface area contributed by atoms with E-state index in [1.807, 2.05) is 25.1 Å². The van der Waals surface area contributed by atoms with E-state index >= 15 is 0 Å². The fraction of sp³-hybridized carbons (Fsp3) is 0.278. The van der Waals surface area contributed by atoms with Gasteiger partial charge in [-0.3, -0.25) is 14.2 Å². The smallest absolute Gasteiger partial charge is 0.262 e. The van der Waals surface area contributed by atoms with Crippen molar-refractivity contribution in [3.8, 4) is 0 Å². The van der Waals surface area contributed by atoms with E-state index in [4.69, 9.17) is 4.42 Å². The van der Waals surface area contributed by atoms with E-state index in [1.165, 1.54) is 11.8 Å². The molecule has 130 valence electrons. The van der Waals surface area contributed by atoms with Crippen LogP contribution < -0.4 is 10.9 Å². The van der Waals surface area contributed by atoms with Crippen molar-refractivity contribution in [1.29, 1.82) is 0 Å². The van der Waals surface area contributed by atoms with Crippen molar-refractivity contribution in [1.82, 2.24) is 14.9 Å². The van der Waals surface area contributed by atoms with Crippen molar-refractivity contribution >= 4 is 28.6 Å². The van der Waals surface area contributed by atoms with E-state index in [0.717, 1.165) is 6.42 Å². The van der Waals surface area contributed by atoms with E-state index in [9.17, 15) is 9.59 Å². The molecule has 3 rings (SSSR count). The van der Waals surface area contributed by atoms with E-state index in [2.05, 4.69) is 10.3 Å². The van der Waals surface area contributed by atoms with Gasteiger partial charge in [0, 0.05) is 6.54 Å². The van der Waals surface area contributed by atoms with Crippen molar-refractivity contribution in [3.05, 3.63) is 58.8 Å². The van der Waals surface area contributed by atoms with E-state index < -0.39 is 0 Å². The van der Waals surface area contributed by atoms with Crippen molar-refractivity contribution < 1.29 is 9.21 Å². The van der Waals surface area contributed by atoms with Gasteiger partial charge < -0.3 is 9.73 Å². The molecule has 0 saturated carbocycles. The summed E-state index contributed by atoms with van der Waals surface area (Å²) in [6.07, 6.45) is 2.39. The number of aromatic nitrogens is 2. The molecule has 0 bridgehead atoms. The highest BCUT2D eigenvalue weighted by atomic mass is 32.2. The molecule has 3 aromatic rings. The Labute approximate surface area is 149 Å². The summed E-state index contributed by atoms with van der Waals surface area (Å²) in [6.45, 7) is 2.93. The second-order valence-corrected chi connectivity index (χ2v) is 6.46. The highest BCUT2D eigenvalue weighted by Gasteiger charge is 2.12. The van der Waals surface area contributed by atoms with Crippen LogP contribution in [-0.2, 0) is 17.9 Å². The fourth-order valence-electron chi connectivity index (χ4n) is 2.46. The maximum atomic E-state index is 12.7. The Hall–Kier alpha value is -2.54. The average Bonchev–Trinajstić information content (AvgIpc) is 3.14. The number of nitrogens with one attached hydrogen (secondary N) is 1. The van der Waals surface area contributed by atoms with Crippen LogP contribution in [0.4, 0.5) is 0 Å². The molecule has 1 amide bonds. The molecule has 6 nitrogen and oxygen atoms in total. The molecule has 7 heteroatoms. The minimum Gasteiger partial charge on any atom is -0.467 e. The molecule has 0 saturated heterocycles. The van der Waals surface area contributed by atoms with Gasteiger partial charge in [0.25, 0.3) is 5.56 Å². The van der Waals surface area contributed by atoms with Crippen LogP contribution in [0.25, 0.3) is 10.9 Å². The molecular formula is C18H19N3O3S. The molecule has 0 fully saturated rings. The first-order valence-electron chi connectivity index (χ1n) is 8.10. The maximum absolute atomic E-state index is 12.7. The minimum atomic E-state index is -0.133. The average molecular weight is 357 g/mol. The second-order valence-electron chi connectivity index (χ2n) is 5.51. The molecule has 0 radical (unpaired) electrons. The zero-order chi connectivity index (χ0) is 17.6. The number of nitrogens with zero attached hydrogens (tertiary/aromatic N) is 2. The lowest BCUT2D eigenvalue weighted by atomic mass is 10.2. The summed E-state index contributed by atoms with van der Waals surface area (Å²) in [5.74, 6) is 0.756. The van der Waals surface area contributed by atoms with Gasteiger partial charge in [0.05, 0.1) is 29.5 Å². The molecule has 0 aliphatic heterocycles. The van der Waals surface area contributed by atoms with Crippen LogP contribution in [0.15, 0.2) is 57.0 Å². The van der Waals surface area contributed by atoms with Crippen LogP contribution in [-0.4, -0.2) is 21.2 Å². The van der Waals surface area contributed by atoms with Crippen LogP contribution in [0.2, 0.25) is 0 Å². The molecule has 0 atom stereocenters. The normalized spacial score (nSPS) is 10.9. The lowest BCUT2D eigenvalue weighted by Gasteiger charge is -2.12. The Morgan fingerprint density at radius 2 is 2.12 bits per heavy atom. The summed E-state index contributed by atoms with van der Waals surface area (Å²) in [4.78, 5) is 29.3. The van der Waals surface area contributed by atoms with Gasteiger partial charge in [-0.1, -0.05) is 30.8 Å². The van der Waals surface area contributed by atoms with Crippen molar-refractivity contribution in [2.75, 3.05) is 5.75 Å². The third-order valence-electron chi connectivity index (χ3n) is 3.65.